The summed E-state index contributed by atoms with van der Waals surface area (Å²) < 4.78 is 17.0. The summed E-state index contributed by atoms with van der Waals surface area (Å²) in [6.07, 6.45) is 1.28. The van der Waals surface area contributed by atoms with Crippen molar-refractivity contribution in [3.05, 3.63) is 93.3 Å². The molecule has 0 fully saturated rings. The first-order chi connectivity index (χ1) is 16.6. The fourth-order valence-corrected chi connectivity index (χ4v) is 3.60. The largest absolute Gasteiger partial charge is 0.484 e. The number of halogens is 1. The molecule has 0 aliphatic rings. The number of hydrogen-bond acceptors (Lipinski definition) is 5. The highest BCUT2D eigenvalue weighted by Gasteiger charge is 2.15. The third kappa shape index (κ3) is 5.84. The molecule has 6 nitrogen and oxygen atoms in total. The maximum absolute atomic E-state index is 12.9. The number of rotatable bonds is 6. The smallest absolute Gasteiger partial charge is 0.262 e. The Balaban J connectivity index is 1.43. The van der Waals surface area contributed by atoms with E-state index in [-0.39, 0.29) is 29.1 Å². The summed E-state index contributed by atoms with van der Waals surface area (Å²) in [5, 5.41) is 3.65. The highest BCUT2D eigenvalue weighted by atomic mass is 35.5. The molecule has 1 aromatic heterocycles. The van der Waals surface area contributed by atoms with Gasteiger partial charge in [-0.25, -0.2) is 0 Å². The molecular formula is C28H26ClNO5. The summed E-state index contributed by atoms with van der Waals surface area (Å²) in [5.41, 5.74) is 2.72. The van der Waals surface area contributed by atoms with Gasteiger partial charge in [0.15, 0.2) is 6.61 Å². The Kier molecular flexibility index (Phi) is 6.85. The third-order valence-electron chi connectivity index (χ3n) is 5.49. The summed E-state index contributed by atoms with van der Waals surface area (Å²) in [4.78, 5) is 25.1. The first kappa shape index (κ1) is 24.4. The van der Waals surface area contributed by atoms with Gasteiger partial charge in [0.25, 0.3) is 5.91 Å². The van der Waals surface area contributed by atoms with E-state index in [2.05, 4.69) is 26.1 Å². The SMILES string of the molecule is Cc1ccc(NC(=O)COc2ccc3c(=O)c(Oc4ccc(C(C)(C)C)cc4)coc3c2)cc1Cl. The number of ether oxygens (including phenoxy) is 2. The van der Waals surface area contributed by atoms with E-state index in [1.165, 1.54) is 11.8 Å². The Bertz CT molecular complexity index is 1430. The van der Waals surface area contributed by atoms with Crippen LogP contribution < -0.4 is 20.2 Å². The van der Waals surface area contributed by atoms with Crippen LogP contribution in [0, 0.1) is 6.92 Å². The highest BCUT2D eigenvalue weighted by Crippen LogP contribution is 2.27. The van der Waals surface area contributed by atoms with Crippen LogP contribution in [-0.4, -0.2) is 12.5 Å². The Morgan fingerprint density at radius 1 is 1.00 bits per heavy atom. The molecule has 1 amide bonds. The second-order valence-corrected chi connectivity index (χ2v) is 9.67. The van der Waals surface area contributed by atoms with Gasteiger partial charge in [0.1, 0.15) is 23.3 Å². The third-order valence-corrected chi connectivity index (χ3v) is 5.90. The van der Waals surface area contributed by atoms with E-state index in [0.29, 0.717) is 33.2 Å². The van der Waals surface area contributed by atoms with Crippen molar-refractivity contribution >= 4 is 34.2 Å². The summed E-state index contributed by atoms with van der Waals surface area (Å²) in [6, 6.07) is 17.6. The van der Waals surface area contributed by atoms with Crippen molar-refractivity contribution in [1.29, 1.82) is 0 Å². The van der Waals surface area contributed by atoms with Gasteiger partial charge < -0.3 is 19.2 Å². The lowest BCUT2D eigenvalue weighted by Crippen LogP contribution is -2.20. The lowest BCUT2D eigenvalue weighted by atomic mass is 9.87. The van der Waals surface area contributed by atoms with Gasteiger partial charge in [-0.2, -0.15) is 0 Å². The summed E-state index contributed by atoms with van der Waals surface area (Å²) in [5.74, 6) is 0.688. The number of benzene rings is 3. The Morgan fingerprint density at radius 2 is 1.71 bits per heavy atom. The Labute approximate surface area is 208 Å². The maximum atomic E-state index is 12.9. The van der Waals surface area contributed by atoms with Gasteiger partial charge in [-0.1, -0.05) is 50.6 Å². The number of anilines is 1. The first-order valence-electron chi connectivity index (χ1n) is 11.1. The molecule has 0 saturated carbocycles. The zero-order chi connectivity index (χ0) is 25.2. The Hall–Kier alpha value is -3.77. The first-order valence-corrected chi connectivity index (χ1v) is 11.5. The lowest BCUT2D eigenvalue weighted by Gasteiger charge is -2.19. The predicted molar refractivity (Wildman–Crippen MR) is 138 cm³/mol. The number of aryl methyl sites for hydroxylation is 1. The van der Waals surface area contributed by atoms with Gasteiger partial charge in [0.2, 0.25) is 11.2 Å². The Morgan fingerprint density at radius 3 is 2.40 bits per heavy atom. The molecule has 4 rings (SSSR count). The summed E-state index contributed by atoms with van der Waals surface area (Å²) in [6.45, 7) is 8.06. The number of carbonyl (C=O) groups is 1. The van der Waals surface area contributed by atoms with Crippen LogP contribution in [0.2, 0.25) is 5.02 Å². The summed E-state index contributed by atoms with van der Waals surface area (Å²) in [7, 11) is 0. The molecular weight excluding hydrogens is 466 g/mol. The molecule has 35 heavy (non-hydrogen) atoms. The minimum absolute atomic E-state index is 0.0232. The maximum Gasteiger partial charge on any atom is 0.262 e. The molecule has 7 heteroatoms. The van der Waals surface area contributed by atoms with Crippen LogP contribution in [0.1, 0.15) is 31.9 Å². The van der Waals surface area contributed by atoms with Crippen LogP contribution in [0.15, 0.2) is 76.1 Å². The van der Waals surface area contributed by atoms with E-state index >= 15 is 0 Å². The van der Waals surface area contributed by atoms with Gasteiger partial charge in [-0.3, -0.25) is 9.59 Å². The fourth-order valence-electron chi connectivity index (χ4n) is 3.42. The van der Waals surface area contributed by atoms with Crippen LogP contribution in [0.25, 0.3) is 11.0 Å². The van der Waals surface area contributed by atoms with E-state index in [4.69, 9.17) is 25.5 Å². The molecule has 1 heterocycles. The average Bonchev–Trinajstić information content (AvgIpc) is 2.82. The molecule has 180 valence electrons. The molecule has 1 N–H and O–H groups in total. The highest BCUT2D eigenvalue weighted by molar-refractivity contribution is 6.31. The molecule has 0 radical (unpaired) electrons. The zero-order valence-corrected chi connectivity index (χ0v) is 20.7. The molecule has 0 unspecified atom stereocenters. The van der Waals surface area contributed by atoms with Crippen molar-refractivity contribution in [3.8, 4) is 17.2 Å². The second kappa shape index (κ2) is 9.84. The number of nitrogens with one attached hydrogen (secondary N) is 1. The topological polar surface area (TPSA) is 77.8 Å². The number of fused-ring (bicyclic) bond motifs is 1. The van der Waals surface area contributed by atoms with E-state index in [0.717, 1.165) is 5.56 Å². The lowest BCUT2D eigenvalue weighted by molar-refractivity contribution is -0.118. The molecule has 0 bridgehead atoms. The monoisotopic (exact) mass is 491 g/mol. The number of amides is 1. The van der Waals surface area contributed by atoms with Crippen LogP contribution in [0.4, 0.5) is 5.69 Å². The number of hydrogen-bond donors (Lipinski definition) is 1. The quantitative estimate of drug-likeness (QED) is 0.318. The normalized spacial score (nSPS) is 11.3. The van der Waals surface area contributed by atoms with Crippen molar-refractivity contribution < 1.29 is 18.7 Å². The van der Waals surface area contributed by atoms with E-state index in [9.17, 15) is 9.59 Å². The van der Waals surface area contributed by atoms with E-state index in [1.807, 2.05) is 37.3 Å². The van der Waals surface area contributed by atoms with Crippen LogP contribution in [0.3, 0.4) is 0 Å². The van der Waals surface area contributed by atoms with Gasteiger partial charge in [-0.15, -0.1) is 0 Å². The molecule has 0 aliphatic heterocycles. The van der Waals surface area contributed by atoms with E-state index in [1.54, 1.807) is 30.3 Å². The predicted octanol–water partition coefficient (Wildman–Crippen LogP) is 6.86. The van der Waals surface area contributed by atoms with Crippen LogP contribution in [-0.2, 0) is 10.2 Å². The van der Waals surface area contributed by atoms with Crippen molar-refractivity contribution in [3.63, 3.8) is 0 Å². The molecule has 0 saturated heterocycles. The van der Waals surface area contributed by atoms with Gasteiger partial charge in [0, 0.05) is 16.8 Å². The van der Waals surface area contributed by atoms with Gasteiger partial charge >= 0.3 is 0 Å². The molecule has 3 aromatic carbocycles. The minimum Gasteiger partial charge on any atom is -0.484 e. The van der Waals surface area contributed by atoms with Gasteiger partial charge in [0.05, 0.1) is 5.39 Å². The van der Waals surface area contributed by atoms with Crippen molar-refractivity contribution in [1.82, 2.24) is 0 Å². The average molecular weight is 492 g/mol. The van der Waals surface area contributed by atoms with E-state index < -0.39 is 0 Å². The van der Waals surface area contributed by atoms with Crippen molar-refractivity contribution in [2.45, 2.75) is 33.1 Å². The molecule has 0 spiro atoms. The number of carbonyl (C=O) groups excluding carboxylic acids is 1. The van der Waals surface area contributed by atoms with Crippen molar-refractivity contribution in [2.75, 3.05) is 11.9 Å². The molecule has 0 aliphatic carbocycles. The second-order valence-electron chi connectivity index (χ2n) is 9.26. The van der Waals surface area contributed by atoms with Crippen LogP contribution in [0.5, 0.6) is 17.2 Å². The molecule has 4 aromatic rings. The van der Waals surface area contributed by atoms with Crippen molar-refractivity contribution in [2.24, 2.45) is 0 Å². The summed E-state index contributed by atoms with van der Waals surface area (Å²) >= 11 is 6.09. The standard InChI is InChI=1S/C28H26ClNO5/c1-17-5-8-19(13-23(17)29)30-26(31)16-33-21-11-12-22-24(14-21)34-15-25(27(22)32)35-20-9-6-18(7-10-20)28(2,3)4/h5-15H,16H2,1-4H3,(H,30,31). The minimum atomic E-state index is -0.340. The fraction of sp³-hybridized carbons (Fsp3) is 0.214. The van der Waals surface area contributed by atoms with Gasteiger partial charge in [-0.05, 0) is 59.9 Å². The molecule has 0 atom stereocenters. The van der Waals surface area contributed by atoms with Crippen LogP contribution >= 0.6 is 11.6 Å². The zero-order valence-electron chi connectivity index (χ0n) is 20.0.